The first-order valence-electron chi connectivity index (χ1n) is 13.1. The van der Waals surface area contributed by atoms with Crippen LogP contribution in [0.4, 0.5) is 0 Å². The lowest BCUT2D eigenvalue weighted by Crippen LogP contribution is -3.00. The maximum Gasteiger partial charge on any atom is 0.348 e. The van der Waals surface area contributed by atoms with Gasteiger partial charge in [-0.3, -0.25) is 4.79 Å². The third kappa shape index (κ3) is 4.79. The molecule has 0 aromatic heterocycles. The number of quaternary nitrogens is 1. The summed E-state index contributed by atoms with van der Waals surface area (Å²) in [5.74, 6) is -0.821. The van der Waals surface area contributed by atoms with Crippen molar-refractivity contribution in [2.45, 2.75) is 75.7 Å². The van der Waals surface area contributed by atoms with Gasteiger partial charge in [0.2, 0.25) is 5.60 Å². The summed E-state index contributed by atoms with van der Waals surface area (Å²) in [6, 6.07) is 20.0. The molecule has 194 valence electrons. The van der Waals surface area contributed by atoms with E-state index in [0.717, 1.165) is 12.8 Å². The first-order valence-corrected chi connectivity index (χ1v) is 13.1. The largest absolute Gasteiger partial charge is 1.00 e. The lowest BCUT2D eigenvalue weighted by molar-refractivity contribution is -0.956. The minimum absolute atomic E-state index is 0. The van der Waals surface area contributed by atoms with Gasteiger partial charge in [0.25, 0.3) is 0 Å². The second-order valence-electron chi connectivity index (χ2n) is 10.2. The summed E-state index contributed by atoms with van der Waals surface area (Å²) in [4.78, 5) is 26.0. The molecule has 3 heterocycles. The molecule has 5 rings (SSSR count). The molecule has 2 aromatic rings. The first-order chi connectivity index (χ1) is 17.1. The van der Waals surface area contributed by atoms with Crippen molar-refractivity contribution >= 4 is 11.9 Å². The molecule has 2 atom stereocenters. The summed E-state index contributed by atoms with van der Waals surface area (Å²) in [7, 11) is 0. The predicted molar refractivity (Wildman–Crippen MR) is 131 cm³/mol. The van der Waals surface area contributed by atoms with Gasteiger partial charge < -0.3 is 31.1 Å². The summed E-state index contributed by atoms with van der Waals surface area (Å²) < 4.78 is 19.1. The minimum Gasteiger partial charge on any atom is -1.00 e. The molecule has 7 heteroatoms. The number of hydrogen-bond acceptors (Lipinski definition) is 5. The Hall–Kier alpha value is -2.41. The van der Waals surface area contributed by atoms with E-state index in [1.165, 1.54) is 43.3 Å². The summed E-state index contributed by atoms with van der Waals surface area (Å²) in [6.07, 6.45) is 7.01. The number of benzene rings is 2. The van der Waals surface area contributed by atoms with Crippen LogP contribution in [0.2, 0.25) is 0 Å². The zero-order valence-electron chi connectivity index (χ0n) is 20.9. The average molecular weight is 514 g/mol. The molecule has 3 saturated heterocycles. The number of nitrogens with zero attached hydrogens (tertiary/aromatic N) is 1. The van der Waals surface area contributed by atoms with Gasteiger partial charge in [-0.2, -0.15) is 0 Å². The molecule has 0 radical (unpaired) electrons. The highest BCUT2D eigenvalue weighted by molar-refractivity contribution is 5.86. The van der Waals surface area contributed by atoms with Crippen molar-refractivity contribution in [3.63, 3.8) is 0 Å². The second-order valence-corrected chi connectivity index (χ2v) is 10.2. The highest BCUT2D eigenvalue weighted by atomic mass is 35.5. The molecule has 0 aliphatic carbocycles. The number of ether oxygens (including phenoxy) is 3. The Kier molecular flexibility index (Phi) is 8.38. The van der Waals surface area contributed by atoms with E-state index in [0.29, 0.717) is 23.2 Å². The van der Waals surface area contributed by atoms with E-state index < -0.39 is 11.6 Å². The van der Waals surface area contributed by atoms with Crippen molar-refractivity contribution in [2.75, 3.05) is 19.9 Å². The smallest absolute Gasteiger partial charge is 0.348 e. The molecule has 0 saturated carbocycles. The van der Waals surface area contributed by atoms with Gasteiger partial charge >= 0.3 is 11.9 Å². The molecule has 1 spiro atoms. The maximum atomic E-state index is 14.1. The quantitative estimate of drug-likeness (QED) is 0.305. The van der Waals surface area contributed by atoms with Gasteiger partial charge in [-0.15, -0.1) is 0 Å². The molecule has 0 N–H and O–H groups in total. The molecule has 3 aliphatic heterocycles. The van der Waals surface area contributed by atoms with Crippen molar-refractivity contribution in [3.05, 3.63) is 71.8 Å². The van der Waals surface area contributed by atoms with Crippen LogP contribution in [0.15, 0.2) is 60.7 Å². The zero-order chi connectivity index (χ0) is 24.3. The lowest BCUT2D eigenvalue weighted by Gasteiger charge is -2.47. The van der Waals surface area contributed by atoms with Gasteiger partial charge in [-0.1, -0.05) is 67.6 Å². The van der Waals surface area contributed by atoms with Gasteiger partial charge in [0.15, 0.2) is 6.79 Å². The molecular formula is C29H36ClNO5. The Labute approximate surface area is 219 Å². The first kappa shape index (κ1) is 26.6. The Morgan fingerprint density at radius 3 is 1.92 bits per heavy atom. The topological polar surface area (TPSA) is 61.8 Å². The molecule has 2 bridgehead atoms. The molecule has 3 fully saturated rings. The fraction of sp³-hybridized carbons (Fsp3) is 0.517. The van der Waals surface area contributed by atoms with E-state index >= 15 is 0 Å². The van der Waals surface area contributed by atoms with Crippen LogP contribution in [0, 0.1) is 0 Å². The number of rotatable bonds is 8. The van der Waals surface area contributed by atoms with Crippen LogP contribution in [-0.2, 0) is 29.4 Å². The van der Waals surface area contributed by atoms with Crippen LogP contribution < -0.4 is 12.4 Å². The number of carbonyl (C=O) groups is 2. The van der Waals surface area contributed by atoms with Crippen molar-refractivity contribution in [3.8, 4) is 0 Å². The van der Waals surface area contributed by atoms with Crippen molar-refractivity contribution in [1.29, 1.82) is 0 Å². The lowest BCUT2D eigenvalue weighted by atomic mass is 9.85. The predicted octanol–water partition coefficient (Wildman–Crippen LogP) is 1.71. The number of hydrogen-bond donors (Lipinski definition) is 0. The third-order valence-corrected chi connectivity index (χ3v) is 8.46. The van der Waals surface area contributed by atoms with Crippen LogP contribution in [0.3, 0.4) is 0 Å². The molecule has 2 aromatic carbocycles. The Morgan fingerprint density at radius 1 is 0.889 bits per heavy atom. The van der Waals surface area contributed by atoms with Crippen LogP contribution in [0.1, 0.15) is 63.0 Å². The second kappa shape index (κ2) is 11.3. The van der Waals surface area contributed by atoms with Crippen molar-refractivity contribution in [2.24, 2.45) is 0 Å². The maximum absolute atomic E-state index is 14.1. The summed E-state index contributed by atoms with van der Waals surface area (Å²) in [5, 5.41) is 0. The standard InChI is InChI=1S/C29H36NO5.ClH/c1-2-27(31)33-21-34-29(22-11-5-3-6-12-22,23-13-7-4-8-14-23)28(32)35-26-19-24-15-16-25(20-26)30(24)17-9-10-18-30;/h3-8,11-14,24-26H,2,9-10,15-21H2,1H3;1H/q+1;/p-1. The fourth-order valence-electron chi connectivity index (χ4n) is 6.80. The molecule has 0 amide bonds. The highest BCUT2D eigenvalue weighted by Gasteiger charge is 2.56. The number of halogens is 1. The number of piperidine rings is 1. The highest BCUT2D eigenvalue weighted by Crippen LogP contribution is 2.47. The van der Waals surface area contributed by atoms with E-state index in [2.05, 4.69) is 0 Å². The molecule has 36 heavy (non-hydrogen) atoms. The summed E-state index contributed by atoms with van der Waals surface area (Å²) >= 11 is 0. The van der Waals surface area contributed by atoms with Gasteiger partial charge in [0, 0.05) is 44.9 Å². The Balaban J connectivity index is 0.00000304. The molecule has 2 unspecified atom stereocenters. The molecule has 6 nitrogen and oxygen atoms in total. The van der Waals surface area contributed by atoms with E-state index in [9.17, 15) is 9.59 Å². The van der Waals surface area contributed by atoms with Crippen molar-refractivity contribution < 1.29 is 40.7 Å². The van der Waals surface area contributed by atoms with Crippen LogP contribution in [0.25, 0.3) is 0 Å². The fourth-order valence-corrected chi connectivity index (χ4v) is 6.80. The molecular weight excluding hydrogens is 478 g/mol. The summed E-state index contributed by atoms with van der Waals surface area (Å²) in [5.41, 5.74) is -0.205. The van der Waals surface area contributed by atoms with E-state index in [4.69, 9.17) is 14.2 Å². The van der Waals surface area contributed by atoms with E-state index in [1.54, 1.807) is 6.92 Å². The Bertz CT molecular complexity index is 969. The number of esters is 2. The average Bonchev–Trinajstić information content (AvgIpc) is 3.44. The summed E-state index contributed by atoms with van der Waals surface area (Å²) in [6.45, 7) is 3.95. The van der Waals surface area contributed by atoms with Gasteiger partial charge in [0.1, 0.15) is 6.10 Å². The third-order valence-electron chi connectivity index (χ3n) is 8.46. The normalized spacial score (nSPS) is 24.2. The van der Waals surface area contributed by atoms with E-state index in [-0.39, 0.29) is 37.7 Å². The monoisotopic (exact) mass is 513 g/mol. The minimum atomic E-state index is -1.52. The van der Waals surface area contributed by atoms with Crippen LogP contribution in [0.5, 0.6) is 0 Å². The van der Waals surface area contributed by atoms with Crippen LogP contribution in [-0.4, -0.2) is 54.5 Å². The zero-order valence-corrected chi connectivity index (χ0v) is 21.7. The van der Waals surface area contributed by atoms with Gasteiger partial charge in [-0.25, -0.2) is 4.79 Å². The van der Waals surface area contributed by atoms with E-state index in [1.807, 2.05) is 60.7 Å². The SMILES string of the molecule is CCC(=O)OCOC(C(=O)OC1CC2CCC(C1)[N+]21CCCC1)(c1ccccc1)c1ccccc1.[Cl-]. The number of carbonyl (C=O) groups excluding carboxylic acids is 2. The van der Waals surface area contributed by atoms with Gasteiger partial charge in [-0.05, 0) is 11.1 Å². The van der Waals surface area contributed by atoms with Crippen LogP contribution >= 0.6 is 0 Å². The Morgan fingerprint density at radius 2 is 1.42 bits per heavy atom. The van der Waals surface area contributed by atoms with Gasteiger partial charge in [0.05, 0.1) is 25.2 Å². The van der Waals surface area contributed by atoms with Crippen molar-refractivity contribution in [1.82, 2.24) is 0 Å². The molecule has 3 aliphatic rings.